The van der Waals surface area contributed by atoms with Crippen LogP contribution in [0, 0.1) is 0 Å². The Bertz CT molecular complexity index is 301. The van der Waals surface area contributed by atoms with Crippen LogP contribution < -0.4 is 0 Å². The van der Waals surface area contributed by atoms with Gasteiger partial charge in [-0.15, -0.1) is 0 Å². The highest BCUT2D eigenvalue weighted by Gasteiger charge is 2.06. The Hall–Kier alpha value is -0.610. The number of esters is 1. The van der Waals surface area contributed by atoms with Gasteiger partial charge in [-0.1, -0.05) is 26.2 Å². The Balaban J connectivity index is 4.48. The van der Waals surface area contributed by atoms with E-state index in [1.54, 1.807) is 0 Å². The molecule has 0 aliphatic heterocycles. The predicted molar refractivity (Wildman–Crippen MR) is 52.8 cm³/mol. The maximum Gasteiger partial charge on any atom is 0.305 e. The molecular formula is C10H20O4. The van der Waals surface area contributed by atoms with Crippen molar-refractivity contribution in [2.45, 2.75) is 45.1 Å². The summed E-state index contributed by atoms with van der Waals surface area (Å²) in [5.74, 6) is -0.990. The van der Waals surface area contributed by atoms with Gasteiger partial charge >= 0.3 is 5.97 Å². The first-order valence-electron chi connectivity index (χ1n) is 7.12. The summed E-state index contributed by atoms with van der Waals surface area (Å²) < 4.78 is 39.4. The first kappa shape index (κ1) is 6.80. The highest BCUT2D eigenvalue weighted by Crippen LogP contribution is 2.03. The fourth-order valence-electron chi connectivity index (χ4n) is 0.875. The molecule has 84 valence electrons. The molecule has 4 nitrogen and oxygen atoms in total. The van der Waals surface area contributed by atoms with E-state index in [-0.39, 0.29) is 6.42 Å². The van der Waals surface area contributed by atoms with Crippen molar-refractivity contribution in [3.8, 4) is 0 Å². The van der Waals surface area contributed by atoms with Crippen LogP contribution in [0.4, 0.5) is 0 Å². The second kappa shape index (κ2) is 8.97. The van der Waals surface area contributed by atoms with E-state index in [1.807, 2.05) is 6.92 Å². The van der Waals surface area contributed by atoms with E-state index < -0.39 is 25.2 Å². The molecule has 0 amide bonds. The lowest BCUT2D eigenvalue weighted by molar-refractivity contribution is -0.147. The highest BCUT2D eigenvalue weighted by molar-refractivity contribution is 5.69. The van der Waals surface area contributed by atoms with Gasteiger partial charge in [-0.2, -0.15) is 0 Å². The summed E-state index contributed by atoms with van der Waals surface area (Å²) in [4.78, 5) is 11.3. The maximum atomic E-state index is 11.3. The molecule has 1 unspecified atom stereocenters. The Kier molecular flexibility index (Phi) is 4.35. The van der Waals surface area contributed by atoms with Gasteiger partial charge in [0.05, 0.1) is 13.4 Å². The summed E-state index contributed by atoms with van der Waals surface area (Å²) in [5.41, 5.74) is 0. The van der Waals surface area contributed by atoms with E-state index in [1.165, 1.54) is 0 Å². The third-order valence-corrected chi connectivity index (χ3v) is 1.60. The van der Waals surface area contributed by atoms with Crippen molar-refractivity contribution >= 4 is 5.97 Å². The Morgan fingerprint density at radius 2 is 2.29 bits per heavy atom. The normalized spacial score (nSPS) is 22.1. The number of hydrogen-bond acceptors (Lipinski definition) is 4. The highest BCUT2D eigenvalue weighted by atomic mass is 16.5. The first-order valence-corrected chi connectivity index (χ1v) is 4.62. The molecule has 0 heterocycles. The zero-order valence-corrected chi connectivity index (χ0v) is 8.25. The van der Waals surface area contributed by atoms with Gasteiger partial charge in [0.1, 0.15) is 12.6 Å². The minimum Gasteiger partial charge on any atom is -0.463 e. The predicted octanol–water partition coefficient (Wildman–Crippen LogP) is 0.853. The summed E-state index contributed by atoms with van der Waals surface area (Å²) in [6.45, 7) is -4.94. The summed E-state index contributed by atoms with van der Waals surface area (Å²) in [5, 5.41) is 18.2. The molecule has 0 aliphatic rings. The smallest absolute Gasteiger partial charge is 0.305 e. The van der Waals surface area contributed by atoms with E-state index in [2.05, 4.69) is 4.74 Å². The molecule has 0 aliphatic carbocycles. The van der Waals surface area contributed by atoms with Crippen molar-refractivity contribution in [1.29, 1.82) is 0 Å². The third kappa shape index (κ3) is 8.01. The second-order valence-corrected chi connectivity index (χ2v) is 2.85. The van der Waals surface area contributed by atoms with Gasteiger partial charge in [-0.25, -0.2) is 0 Å². The Morgan fingerprint density at radius 1 is 1.57 bits per heavy atom. The number of carbonyl (C=O) groups excluding carboxylic acids is 1. The van der Waals surface area contributed by atoms with Crippen LogP contribution in [0.25, 0.3) is 0 Å². The molecular weight excluding hydrogens is 184 g/mol. The number of carbonyl (C=O) groups is 1. The van der Waals surface area contributed by atoms with Crippen molar-refractivity contribution in [3.05, 3.63) is 0 Å². The summed E-state index contributed by atoms with van der Waals surface area (Å²) in [6.07, 6.45) is -0.580. The third-order valence-electron chi connectivity index (χ3n) is 1.60. The molecule has 2 N–H and O–H groups in total. The minimum absolute atomic E-state index is 0.0932. The number of ether oxygens (including phenoxy) is 1. The molecule has 0 aromatic carbocycles. The van der Waals surface area contributed by atoms with Crippen LogP contribution >= 0.6 is 0 Å². The molecule has 1 atom stereocenters. The van der Waals surface area contributed by atoms with E-state index in [9.17, 15) is 9.90 Å². The lowest BCUT2D eigenvalue weighted by atomic mass is 10.2. The molecule has 0 saturated carbocycles. The topological polar surface area (TPSA) is 66.8 Å². The average molecular weight is 209 g/mol. The number of unbranched alkanes of at least 4 members (excludes halogenated alkanes) is 3. The van der Waals surface area contributed by atoms with Crippen molar-refractivity contribution in [1.82, 2.24) is 0 Å². The van der Waals surface area contributed by atoms with Crippen LogP contribution in [-0.2, 0) is 9.53 Å². The van der Waals surface area contributed by atoms with Crippen LogP contribution in [0.3, 0.4) is 0 Å². The minimum atomic E-state index is -3.61. The average Bonchev–Trinajstić information content (AvgIpc) is 2.22. The standard InChI is InChI=1S/C10H20O4/c1-2-3-4-5-6-10(13)14-8-9(12)7-11/h9,11-12H,2-8H2,1H3/i7D2,8D2,9D. The van der Waals surface area contributed by atoms with Crippen molar-refractivity contribution in [2.75, 3.05) is 13.1 Å². The maximum absolute atomic E-state index is 11.3. The van der Waals surface area contributed by atoms with Gasteiger partial charge in [-0.3, -0.25) is 4.79 Å². The summed E-state index contributed by atoms with van der Waals surface area (Å²) >= 11 is 0. The van der Waals surface area contributed by atoms with Gasteiger partial charge in [-0.05, 0) is 6.42 Å². The molecule has 0 aromatic heterocycles. The zero-order valence-electron chi connectivity index (χ0n) is 13.2. The summed E-state index contributed by atoms with van der Waals surface area (Å²) in [7, 11) is 0. The molecule has 0 radical (unpaired) electrons. The van der Waals surface area contributed by atoms with Crippen LogP contribution in [0.5, 0.6) is 0 Å². The van der Waals surface area contributed by atoms with E-state index in [0.29, 0.717) is 6.42 Å². The van der Waals surface area contributed by atoms with Crippen LogP contribution in [0.2, 0.25) is 0 Å². The SMILES string of the molecule is [2H]C([2H])(O)C([2H])(O)C([2H])([2H])OC(=O)CCCCCC. The van der Waals surface area contributed by atoms with Crippen LogP contribution in [-0.4, -0.2) is 35.4 Å². The van der Waals surface area contributed by atoms with Gasteiger partial charge in [0.25, 0.3) is 0 Å². The van der Waals surface area contributed by atoms with Gasteiger partial charge in [0.2, 0.25) is 0 Å². The zero-order chi connectivity index (χ0) is 15.3. The van der Waals surface area contributed by atoms with Crippen molar-refractivity contribution < 1.29 is 26.6 Å². The quantitative estimate of drug-likeness (QED) is 0.459. The molecule has 0 aromatic rings. The molecule has 0 spiro atoms. The lowest BCUT2D eigenvalue weighted by Gasteiger charge is -2.07. The van der Waals surface area contributed by atoms with Crippen LogP contribution in [0.15, 0.2) is 0 Å². The molecule has 0 bridgehead atoms. The lowest BCUT2D eigenvalue weighted by Crippen LogP contribution is -2.21. The Morgan fingerprint density at radius 3 is 2.86 bits per heavy atom. The fourth-order valence-corrected chi connectivity index (χ4v) is 0.875. The molecule has 4 heteroatoms. The molecule has 0 fully saturated rings. The Labute approximate surface area is 91.9 Å². The van der Waals surface area contributed by atoms with Crippen LogP contribution in [0.1, 0.15) is 45.9 Å². The first-order chi connectivity index (χ1) is 8.45. The molecule has 14 heavy (non-hydrogen) atoms. The van der Waals surface area contributed by atoms with Gasteiger partial charge in [0, 0.05) is 6.42 Å². The molecule has 0 saturated heterocycles. The van der Waals surface area contributed by atoms with Crippen molar-refractivity contribution in [2.24, 2.45) is 0 Å². The number of hydrogen-bond donors (Lipinski definition) is 2. The van der Waals surface area contributed by atoms with Gasteiger partial charge < -0.3 is 14.9 Å². The number of aliphatic hydroxyl groups is 2. The van der Waals surface area contributed by atoms with E-state index >= 15 is 0 Å². The largest absolute Gasteiger partial charge is 0.463 e. The monoisotopic (exact) mass is 209 g/mol. The molecule has 0 rings (SSSR count). The number of rotatable bonds is 8. The summed E-state index contributed by atoms with van der Waals surface area (Å²) in [6, 6.07) is 0. The van der Waals surface area contributed by atoms with E-state index in [4.69, 9.17) is 12.0 Å². The fraction of sp³-hybridized carbons (Fsp3) is 0.900. The van der Waals surface area contributed by atoms with Crippen molar-refractivity contribution in [3.63, 3.8) is 0 Å². The van der Waals surface area contributed by atoms with E-state index in [0.717, 1.165) is 19.3 Å². The van der Waals surface area contributed by atoms with Gasteiger partial charge in [0.15, 0.2) is 0 Å². The second-order valence-electron chi connectivity index (χ2n) is 2.85.